The molecule has 1 fully saturated rings. The van der Waals surface area contributed by atoms with Crippen LogP contribution < -0.4 is 9.46 Å². The highest BCUT2D eigenvalue weighted by atomic mass is 79.9. The molecule has 1 aliphatic rings. The highest BCUT2D eigenvalue weighted by Crippen LogP contribution is 2.31. The first kappa shape index (κ1) is 15.8. The lowest BCUT2D eigenvalue weighted by molar-refractivity contribution is 0.411. The van der Waals surface area contributed by atoms with Crippen LogP contribution in [0.1, 0.15) is 26.2 Å². The number of methoxy groups -OCH3 is 1. The Kier molecular flexibility index (Phi) is 5.09. The molecule has 20 heavy (non-hydrogen) atoms. The topological polar surface area (TPSA) is 55.4 Å². The molecule has 6 heteroatoms. The largest absolute Gasteiger partial charge is 0.496 e. The number of hydrogen-bond donors (Lipinski definition) is 1. The van der Waals surface area contributed by atoms with E-state index >= 15 is 0 Å². The van der Waals surface area contributed by atoms with Gasteiger partial charge in [0.1, 0.15) is 5.75 Å². The van der Waals surface area contributed by atoms with Crippen LogP contribution in [0.3, 0.4) is 0 Å². The second-order valence-electron chi connectivity index (χ2n) is 5.32. The minimum atomic E-state index is -3.45. The molecule has 0 heterocycles. The summed E-state index contributed by atoms with van der Waals surface area (Å²) in [5.41, 5.74) is 0. The first-order valence-electron chi connectivity index (χ1n) is 6.77. The summed E-state index contributed by atoms with van der Waals surface area (Å²) in [6, 6.07) is 4.78. The quantitative estimate of drug-likeness (QED) is 0.875. The highest BCUT2D eigenvalue weighted by molar-refractivity contribution is 9.10. The van der Waals surface area contributed by atoms with Gasteiger partial charge in [-0.25, -0.2) is 13.1 Å². The Morgan fingerprint density at radius 3 is 2.70 bits per heavy atom. The number of rotatable bonds is 5. The summed E-state index contributed by atoms with van der Waals surface area (Å²) in [6.45, 7) is 2.71. The van der Waals surface area contributed by atoms with Crippen LogP contribution in [0.5, 0.6) is 5.75 Å². The Labute approximate surface area is 129 Å². The van der Waals surface area contributed by atoms with Crippen molar-refractivity contribution in [3.05, 3.63) is 22.7 Å². The van der Waals surface area contributed by atoms with Crippen LogP contribution in [0.25, 0.3) is 0 Å². The molecule has 2 atom stereocenters. The third-order valence-electron chi connectivity index (χ3n) is 4.01. The standard InChI is InChI=1S/C14H20BrNO3S/c1-10-4-3-5-11(10)9-16-20(17,18)12-6-7-14(19-2)13(15)8-12/h6-8,10-11,16H,3-5,9H2,1-2H3. The molecule has 0 aliphatic heterocycles. The maximum atomic E-state index is 12.3. The van der Waals surface area contributed by atoms with E-state index in [1.165, 1.54) is 12.8 Å². The van der Waals surface area contributed by atoms with Crippen LogP contribution in [0.4, 0.5) is 0 Å². The summed E-state index contributed by atoms with van der Waals surface area (Å²) in [5.74, 6) is 1.67. The fraction of sp³-hybridized carbons (Fsp3) is 0.571. The molecule has 0 aromatic heterocycles. The molecule has 2 unspecified atom stereocenters. The van der Waals surface area contributed by atoms with Gasteiger partial charge in [0.05, 0.1) is 16.5 Å². The predicted octanol–water partition coefficient (Wildman–Crippen LogP) is 3.17. The van der Waals surface area contributed by atoms with E-state index in [9.17, 15) is 8.42 Å². The normalized spacial score (nSPS) is 22.9. The van der Waals surface area contributed by atoms with E-state index < -0.39 is 10.0 Å². The molecule has 0 amide bonds. The van der Waals surface area contributed by atoms with Crippen molar-refractivity contribution >= 4 is 26.0 Å². The van der Waals surface area contributed by atoms with E-state index in [0.29, 0.717) is 28.6 Å². The van der Waals surface area contributed by atoms with Crippen molar-refractivity contribution < 1.29 is 13.2 Å². The Morgan fingerprint density at radius 1 is 1.40 bits per heavy atom. The molecule has 0 saturated heterocycles. The Morgan fingerprint density at radius 2 is 2.15 bits per heavy atom. The third-order valence-corrected chi connectivity index (χ3v) is 6.05. The van der Waals surface area contributed by atoms with Crippen LogP contribution >= 0.6 is 15.9 Å². The van der Waals surface area contributed by atoms with E-state index in [0.717, 1.165) is 6.42 Å². The van der Waals surface area contributed by atoms with Gasteiger partial charge < -0.3 is 4.74 Å². The second-order valence-corrected chi connectivity index (χ2v) is 7.94. The molecule has 0 radical (unpaired) electrons. The molecular formula is C14H20BrNO3S. The summed E-state index contributed by atoms with van der Waals surface area (Å²) in [7, 11) is -1.90. The molecule has 4 nitrogen and oxygen atoms in total. The van der Waals surface area contributed by atoms with Gasteiger partial charge in [-0.1, -0.05) is 19.8 Å². The first-order valence-corrected chi connectivity index (χ1v) is 9.05. The van der Waals surface area contributed by atoms with E-state index in [1.54, 1.807) is 25.3 Å². The van der Waals surface area contributed by atoms with Gasteiger partial charge >= 0.3 is 0 Å². The van der Waals surface area contributed by atoms with Crippen molar-refractivity contribution in [2.75, 3.05) is 13.7 Å². The highest BCUT2D eigenvalue weighted by Gasteiger charge is 2.25. The maximum absolute atomic E-state index is 12.3. The van der Waals surface area contributed by atoms with Gasteiger partial charge in [-0.3, -0.25) is 0 Å². The van der Waals surface area contributed by atoms with E-state index in [1.807, 2.05) is 0 Å². The van der Waals surface area contributed by atoms with Crippen molar-refractivity contribution in [1.82, 2.24) is 4.72 Å². The zero-order valence-electron chi connectivity index (χ0n) is 11.7. The van der Waals surface area contributed by atoms with E-state index in [-0.39, 0.29) is 4.90 Å². The predicted molar refractivity (Wildman–Crippen MR) is 82.4 cm³/mol. The lowest BCUT2D eigenvalue weighted by Crippen LogP contribution is -2.30. The molecule has 0 spiro atoms. The molecule has 1 N–H and O–H groups in total. The van der Waals surface area contributed by atoms with E-state index in [4.69, 9.17) is 4.74 Å². The summed E-state index contributed by atoms with van der Waals surface area (Å²) < 4.78 is 33.0. The molecule has 1 aliphatic carbocycles. The second kappa shape index (κ2) is 6.45. The Balaban J connectivity index is 2.08. The molecule has 2 rings (SSSR count). The van der Waals surface area contributed by atoms with Gasteiger partial charge in [-0.05, 0) is 52.4 Å². The zero-order valence-corrected chi connectivity index (χ0v) is 14.1. The summed E-state index contributed by atoms with van der Waals surface area (Å²) in [4.78, 5) is 0.260. The van der Waals surface area contributed by atoms with Gasteiger partial charge in [0.25, 0.3) is 0 Å². The summed E-state index contributed by atoms with van der Waals surface area (Å²) in [5, 5.41) is 0. The lowest BCUT2D eigenvalue weighted by Gasteiger charge is -2.16. The Bertz CT molecular complexity index is 574. The van der Waals surface area contributed by atoms with Crippen LogP contribution in [0.15, 0.2) is 27.6 Å². The molecule has 0 bridgehead atoms. The summed E-state index contributed by atoms with van der Waals surface area (Å²) >= 11 is 3.31. The van der Waals surface area contributed by atoms with Crippen molar-refractivity contribution in [2.45, 2.75) is 31.1 Å². The van der Waals surface area contributed by atoms with Crippen molar-refractivity contribution in [3.8, 4) is 5.75 Å². The van der Waals surface area contributed by atoms with Crippen LogP contribution in [-0.4, -0.2) is 22.1 Å². The lowest BCUT2D eigenvalue weighted by atomic mass is 9.99. The molecule has 1 aromatic carbocycles. The van der Waals surface area contributed by atoms with Crippen LogP contribution in [-0.2, 0) is 10.0 Å². The average Bonchev–Trinajstić information content (AvgIpc) is 2.82. The van der Waals surface area contributed by atoms with Gasteiger partial charge in [-0.2, -0.15) is 0 Å². The molecular weight excluding hydrogens is 342 g/mol. The number of benzene rings is 1. The van der Waals surface area contributed by atoms with Crippen molar-refractivity contribution in [3.63, 3.8) is 0 Å². The van der Waals surface area contributed by atoms with Gasteiger partial charge in [0, 0.05) is 6.54 Å². The third kappa shape index (κ3) is 3.54. The van der Waals surface area contributed by atoms with Gasteiger partial charge in [0.2, 0.25) is 10.0 Å². The molecule has 112 valence electrons. The van der Waals surface area contributed by atoms with Crippen LogP contribution in [0.2, 0.25) is 0 Å². The maximum Gasteiger partial charge on any atom is 0.240 e. The number of hydrogen-bond acceptors (Lipinski definition) is 3. The van der Waals surface area contributed by atoms with Crippen molar-refractivity contribution in [2.24, 2.45) is 11.8 Å². The van der Waals surface area contributed by atoms with E-state index in [2.05, 4.69) is 27.6 Å². The fourth-order valence-corrected chi connectivity index (χ4v) is 4.45. The number of nitrogens with one attached hydrogen (secondary N) is 1. The molecule has 1 aromatic rings. The van der Waals surface area contributed by atoms with Gasteiger partial charge in [0.15, 0.2) is 0 Å². The van der Waals surface area contributed by atoms with Gasteiger partial charge in [-0.15, -0.1) is 0 Å². The van der Waals surface area contributed by atoms with Crippen LogP contribution in [0, 0.1) is 11.8 Å². The monoisotopic (exact) mass is 361 g/mol. The first-order chi connectivity index (χ1) is 9.44. The minimum Gasteiger partial charge on any atom is -0.496 e. The minimum absolute atomic E-state index is 0.260. The van der Waals surface area contributed by atoms with Crippen molar-refractivity contribution in [1.29, 1.82) is 0 Å². The zero-order chi connectivity index (χ0) is 14.8. The average molecular weight is 362 g/mol. The summed E-state index contributed by atoms with van der Waals surface area (Å²) in [6.07, 6.45) is 3.50. The molecule has 1 saturated carbocycles. The number of ether oxygens (including phenoxy) is 1. The smallest absolute Gasteiger partial charge is 0.240 e. The fourth-order valence-electron chi connectivity index (χ4n) is 2.64. The SMILES string of the molecule is COc1ccc(S(=O)(=O)NCC2CCCC2C)cc1Br. The number of halogens is 1. The Hall–Kier alpha value is -0.590. The number of sulfonamides is 1.